The number of anilines is 1. The summed E-state index contributed by atoms with van der Waals surface area (Å²) in [5.41, 5.74) is 4.67. The summed E-state index contributed by atoms with van der Waals surface area (Å²) in [6.07, 6.45) is -2.01. The molecule has 0 aliphatic heterocycles. The Morgan fingerprint density at radius 3 is 2.28 bits per heavy atom. The van der Waals surface area contributed by atoms with Crippen LogP contribution in [0.15, 0.2) is 46.6 Å². The lowest BCUT2D eigenvalue weighted by atomic mass is 10.3. The molecule has 0 radical (unpaired) electrons. The van der Waals surface area contributed by atoms with Crippen LogP contribution in [0.1, 0.15) is 5.56 Å². The number of hydrogen-bond donors (Lipinski definition) is 1. The van der Waals surface area contributed by atoms with Gasteiger partial charge in [-0.2, -0.15) is 13.2 Å². The molecule has 2 aromatic rings. The van der Waals surface area contributed by atoms with E-state index in [0.717, 1.165) is 17.2 Å². The lowest BCUT2D eigenvalue weighted by Crippen LogP contribution is -2.04. The SMILES string of the molecule is Nc1ccc(Sc2ccc(C(F)(F)F)cn2)cn1. The molecule has 2 rings (SSSR count). The fourth-order valence-electron chi connectivity index (χ4n) is 1.18. The van der Waals surface area contributed by atoms with E-state index in [4.69, 9.17) is 5.73 Å². The summed E-state index contributed by atoms with van der Waals surface area (Å²) in [7, 11) is 0. The highest BCUT2D eigenvalue weighted by Crippen LogP contribution is 2.31. The lowest BCUT2D eigenvalue weighted by molar-refractivity contribution is -0.137. The lowest BCUT2D eigenvalue weighted by Gasteiger charge is -2.06. The van der Waals surface area contributed by atoms with Gasteiger partial charge in [0.25, 0.3) is 0 Å². The summed E-state index contributed by atoms with van der Waals surface area (Å²) in [4.78, 5) is 8.39. The average Bonchev–Trinajstić information content (AvgIpc) is 2.32. The van der Waals surface area contributed by atoms with Gasteiger partial charge in [0.15, 0.2) is 0 Å². The fraction of sp³-hybridized carbons (Fsp3) is 0.0909. The second kappa shape index (κ2) is 4.85. The molecule has 3 nitrogen and oxygen atoms in total. The molecule has 0 bridgehead atoms. The third-order valence-electron chi connectivity index (χ3n) is 2.05. The quantitative estimate of drug-likeness (QED) is 0.911. The van der Waals surface area contributed by atoms with Crippen LogP contribution in [0.3, 0.4) is 0 Å². The van der Waals surface area contributed by atoms with Crippen LogP contribution in [-0.4, -0.2) is 9.97 Å². The van der Waals surface area contributed by atoms with E-state index in [1.807, 2.05) is 0 Å². The number of nitrogens with two attached hydrogens (primary N) is 1. The first-order valence-corrected chi connectivity index (χ1v) is 5.69. The van der Waals surface area contributed by atoms with Gasteiger partial charge in [0.2, 0.25) is 0 Å². The molecule has 0 spiro atoms. The molecule has 0 atom stereocenters. The van der Waals surface area contributed by atoms with Gasteiger partial charge in [-0.25, -0.2) is 9.97 Å². The Labute approximate surface area is 105 Å². The van der Waals surface area contributed by atoms with Crippen LogP contribution in [0, 0.1) is 0 Å². The predicted molar refractivity (Wildman–Crippen MR) is 62.0 cm³/mol. The van der Waals surface area contributed by atoms with Crippen LogP contribution in [-0.2, 0) is 6.18 Å². The van der Waals surface area contributed by atoms with Gasteiger partial charge >= 0.3 is 6.18 Å². The zero-order valence-electron chi connectivity index (χ0n) is 8.98. The standard InChI is InChI=1S/C11H8F3N3S/c12-11(13,14)7-1-4-10(17-5-7)18-8-2-3-9(15)16-6-8/h1-6H,(H2,15,16). The topological polar surface area (TPSA) is 51.8 Å². The Balaban J connectivity index is 2.13. The highest BCUT2D eigenvalue weighted by molar-refractivity contribution is 7.99. The number of nitrogens with zero attached hydrogens (tertiary/aromatic N) is 2. The van der Waals surface area contributed by atoms with Crippen molar-refractivity contribution in [1.82, 2.24) is 9.97 Å². The van der Waals surface area contributed by atoms with E-state index >= 15 is 0 Å². The molecule has 0 unspecified atom stereocenters. The first-order chi connectivity index (χ1) is 8.45. The van der Waals surface area contributed by atoms with E-state index in [9.17, 15) is 13.2 Å². The number of rotatable bonds is 2. The second-order valence-corrected chi connectivity index (χ2v) is 4.50. The molecule has 2 aromatic heterocycles. The van der Waals surface area contributed by atoms with Crippen LogP contribution in [0.5, 0.6) is 0 Å². The molecule has 2 N–H and O–H groups in total. The Kier molecular flexibility index (Phi) is 3.42. The van der Waals surface area contributed by atoms with Crippen LogP contribution < -0.4 is 5.73 Å². The number of alkyl halides is 3. The smallest absolute Gasteiger partial charge is 0.384 e. The number of halogens is 3. The van der Waals surface area contributed by atoms with E-state index < -0.39 is 11.7 Å². The highest BCUT2D eigenvalue weighted by Gasteiger charge is 2.30. The molecule has 94 valence electrons. The van der Waals surface area contributed by atoms with Crippen molar-refractivity contribution in [2.75, 3.05) is 5.73 Å². The van der Waals surface area contributed by atoms with Crippen molar-refractivity contribution in [2.24, 2.45) is 0 Å². The van der Waals surface area contributed by atoms with Crippen molar-refractivity contribution in [2.45, 2.75) is 16.1 Å². The van der Waals surface area contributed by atoms with Crippen molar-refractivity contribution in [1.29, 1.82) is 0 Å². The zero-order valence-corrected chi connectivity index (χ0v) is 9.79. The maximum absolute atomic E-state index is 12.3. The average molecular weight is 271 g/mol. The Bertz CT molecular complexity index is 523. The maximum atomic E-state index is 12.3. The molecule has 2 heterocycles. The van der Waals surface area contributed by atoms with Crippen molar-refractivity contribution >= 4 is 17.6 Å². The largest absolute Gasteiger partial charge is 0.417 e. The van der Waals surface area contributed by atoms with Gasteiger partial charge in [-0.3, -0.25) is 0 Å². The molecule has 7 heteroatoms. The van der Waals surface area contributed by atoms with Gasteiger partial charge in [-0.15, -0.1) is 0 Å². The molecule has 0 aliphatic carbocycles. The molecule has 0 saturated heterocycles. The first kappa shape index (κ1) is 12.7. The van der Waals surface area contributed by atoms with Crippen molar-refractivity contribution in [3.05, 3.63) is 42.2 Å². The normalized spacial score (nSPS) is 11.5. The van der Waals surface area contributed by atoms with Gasteiger partial charge in [0.1, 0.15) is 10.8 Å². The minimum absolute atomic E-state index is 0.389. The summed E-state index contributed by atoms with van der Waals surface area (Å²) in [5.74, 6) is 0.389. The predicted octanol–water partition coefficient (Wildman–Crippen LogP) is 3.23. The third-order valence-corrected chi connectivity index (χ3v) is 2.97. The van der Waals surface area contributed by atoms with Crippen LogP contribution >= 0.6 is 11.8 Å². The van der Waals surface area contributed by atoms with Crippen LogP contribution in [0.4, 0.5) is 19.0 Å². The van der Waals surface area contributed by atoms with Gasteiger partial charge in [0, 0.05) is 17.3 Å². The minimum atomic E-state index is -4.36. The summed E-state index contributed by atoms with van der Waals surface area (Å²) in [6, 6.07) is 5.67. The summed E-state index contributed by atoms with van der Waals surface area (Å²) in [5, 5.41) is 0.467. The van der Waals surface area contributed by atoms with E-state index in [1.165, 1.54) is 17.8 Å². The van der Waals surface area contributed by atoms with Crippen molar-refractivity contribution < 1.29 is 13.2 Å². The van der Waals surface area contributed by atoms with Gasteiger partial charge < -0.3 is 5.73 Å². The van der Waals surface area contributed by atoms with Gasteiger partial charge in [-0.1, -0.05) is 11.8 Å². The Hall–Kier alpha value is -1.76. The molecule has 0 amide bonds. The molecule has 0 aromatic carbocycles. The molecular formula is C11H8F3N3S. The summed E-state index contributed by atoms with van der Waals surface area (Å²) < 4.78 is 37.0. The number of pyridine rings is 2. The fourth-order valence-corrected chi connectivity index (χ4v) is 1.91. The number of hydrogen-bond acceptors (Lipinski definition) is 4. The number of nitrogen functional groups attached to an aromatic ring is 1. The monoisotopic (exact) mass is 271 g/mol. The maximum Gasteiger partial charge on any atom is 0.417 e. The molecule has 0 aliphatic rings. The third kappa shape index (κ3) is 3.13. The highest BCUT2D eigenvalue weighted by atomic mass is 32.2. The van der Waals surface area contributed by atoms with Crippen molar-refractivity contribution in [3.63, 3.8) is 0 Å². The van der Waals surface area contributed by atoms with E-state index in [0.29, 0.717) is 10.8 Å². The minimum Gasteiger partial charge on any atom is -0.384 e. The second-order valence-electron chi connectivity index (χ2n) is 3.40. The Morgan fingerprint density at radius 2 is 1.78 bits per heavy atom. The molecule has 18 heavy (non-hydrogen) atoms. The molecule has 0 fully saturated rings. The molecular weight excluding hydrogens is 263 g/mol. The van der Waals surface area contributed by atoms with E-state index in [2.05, 4.69) is 9.97 Å². The van der Waals surface area contributed by atoms with E-state index in [1.54, 1.807) is 18.3 Å². The van der Waals surface area contributed by atoms with Gasteiger partial charge in [-0.05, 0) is 24.3 Å². The summed E-state index contributed by atoms with van der Waals surface area (Å²) >= 11 is 1.22. The molecule has 0 saturated carbocycles. The van der Waals surface area contributed by atoms with Crippen LogP contribution in [0.2, 0.25) is 0 Å². The first-order valence-electron chi connectivity index (χ1n) is 4.88. The summed E-state index contributed by atoms with van der Waals surface area (Å²) in [6.45, 7) is 0. The van der Waals surface area contributed by atoms with Crippen LogP contribution in [0.25, 0.3) is 0 Å². The zero-order chi connectivity index (χ0) is 13.2. The van der Waals surface area contributed by atoms with Crippen molar-refractivity contribution in [3.8, 4) is 0 Å². The number of aromatic nitrogens is 2. The van der Waals surface area contributed by atoms with E-state index in [-0.39, 0.29) is 0 Å². The van der Waals surface area contributed by atoms with Gasteiger partial charge in [0.05, 0.1) is 5.56 Å². The Morgan fingerprint density at radius 1 is 1.00 bits per heavy atom.